The third kappa shape index (κ3) is 4.34. The molecule has 0 amide bonds. The third-order valence-electron chi connectivity index (χ3n) is 5.25. The molecular weight excluding hydrogens is 376 g/mol. The van der Waals surface area contributed by atoms with Crippen molar-refractivity contribution in [3.05, 3.63) is 90.0 Å². The Morgan fingerprint density at radius 1 is 0.897 bits per heavy atom. The Balaban J connectivity index is 1.61. The SMILES string of the molecule is CC(C)(C)c1ccc2c(c1)C(=O)CC(O[SiH](c1ccccc1)c1ccccc1)O2. The van der Waals surface area contributed by atoms with Crippen molar-refractivity contribution in [1.82, 2.24) is 0 Å². The van der Waals surface area contributed by atoms with Crippen molar-refractivity contribution in [2.24, 2.45) is 0 Å². The molecule has 1 aliphatic rings. The van der Waals surface area contributed by atoms with E-state index in [4.69, 9.17) is 9.16 Å². The molecule has 0 spiro atoms. The van der Waals surface area contributed by atoms with Crippen molar-refractivity contribution in [1.29, 1.82) is 0 Å². The fourth-order valence-corrected chi connectivity index (χ4v) is 5.89. The first-order valence-electron chi connectivity index (χ1n) is 10.0. The molecule has 0 radical (unpaired) electrons. The van der Waals surface area contributed by atoms with Crippen LogP contribution in [-0.4, -0.2) is 21.1 Å². The highest BCUT2D eigenvalue weighted by Gasteiger charge is 2.31. The number of hydrogen-bond donors (Lipinski definition) is 0. The molecule has 3 aromatic carbocycles. The van der Waals surface area contributed by atoms with Gasteiger partial charge in [-0.2, -0.15) is 0 Å². The summed E-state index contributed by atoms with van der Waals surface area (Å²) >= 11 is 0. The van der Waals surface area contributed by atoms with Gasteiger partial charge in [-0.25, -0.2) is 0 Å². The third-order valence-corrected chi connectivity index (χ3v) is 7.81. The van der Waals surface area contributed by atoms with Crippen molar-refractivity contribution in [2.45, 2.75) is 38.9 Å². The van der Waals surface area contributed by atoms with Gasteiger partial charge in [0.2, 0.25) is 9.04 Å². The predicted molar refractivity (Wildman–Crippen MR) is 119 cm³/mol. The Hall–Kier alpha value is -2.69. The van der Waals surface area contributed by atoms with Crippen LogP contribution in [0.3, 0.4) is 0 Å². The van der Waals surface area contributed by atoms with E-state index in [2.05, 4.69) is 45.0 Å². The topological polar surface area (TPSA) is 35.5 Å². The largest absolute Gasteiger partial charge is 0.465 e. The van der Waals surface area contributed by atoms with Crippen LogP contribution in [0.1, 0.15) is 43.1 Å². The normalized spacial score (nSPS) is 16.4. The molecular formula is C25H26O3Si. The highest BCUT2D eigenvalue weighted by molar-refractivity contribution is 6.80. The summed E-state index contributed by atoms with van der Waals surface area (Å²) in [6.45, 7) is 6.43. The van der Waals surface area contributed by atoms with Gasteiger partial charge < -0.3 is 9.16 Å². The molecule has 1 aliphatic heterocycles. The Morgan fingerprint density at radius 2 is 1.48 bits per heavy atom. The number of hydrogen-bond acceptors (Lipinski definition) is 3. The second-order valence-corrected chi connectivity index (χ2v) is 10.8. The number of Topliss-reactive ketones (excluding diaryl/α,β-unsaturated/α-hetero) is 1. The zero-order valence-electron chi connectivity index (χ0n) is 17.1. The molecule has 0 bridgehead atoms. The molecule has 1 unspecified atom stereocenters. The van der Waals surface area contributed by atoms with Crippen molar-refractivity contribution < 1.29 is 14.0 Å². The smallest absolute Gasteiger partial charge is 0.244 e. The monoisotopic (exact) mass is 402 g/mol. The number of ketones is 1. The van der Waals surface area contributed by atoms with Crippen molar-refractivity contribution in [3.8, 4) is 5.75 Å². The van der Waals surface area contributed by atoms with E-state index < -0.39 is 15.3 Å². The fourth-order valence-electron chi connectivity index (χ4n) is 3.59. The summed E-state index contributed by atoms with van der Waals surface area (Å²) in [7, 11) is -1.98. The van der Waals surface area contributed by atoms with Gasteiger partial charge in [0.05, 0.1) is 12.0 Å². The molecule has 0 saturated carbocycles. The van der Waals surface area contributed by atoms with Crippen molar-refractivity contribution in [3.63, 3.8) is 0 Å². The molecule has 4 rings (SSSR count). The van der Waals surface area contributed by atoms with Gasteiger partial charge in [-0.3, -0.25) is 4.79 Å². The average Bonchev–Trinajstić information content (AvgIpc) is 2.72. The molecule has 0 N–H and O–H groups in total. The van der Waals surface area contributed by atoms with Gasteiger partial charge in [0.25, 0.3) is 0 Å². The summed E-state index contributed by atoms with van der Waals surface area (Å²) in [6.07, 6.45) is -0.323. The second-order valence-electron chi connectivity index (χ2n) is 8.47. The molecule has 0 aliphatic carbocycles. The molecule has 3 nitrogen and oxygen atoms in total. The minimum absolute atomic E-state index is 0.0126. The van der Waals surface area contributed by atoms with Gasteiger partial charge in [-0.15, -0.1) is 0 Å². The van der Waals surface area contributed by atoms with Crippen molar-refractivity contribution >= 4 is 25.2 Å². The average molecular weight is 403 g/mol. The first-order chi connectivity index (χ1) is 13.9. The van der Waals surface area contributed by atoms with Crippen LogP contribution in [0, 0.1) is 0 Å². The van der Waals surface area contributed by atoms with Gasteiger partial charge in [0.1, 0.15) is 5.75 Å². The van der Waals surface area contributed by atoms with Crippen LogP contribution >= 0.6 is 0 Å². The summed E-state index contributed by atoms with van der Waals surface area (Å²) in [4.78, 5) is 12.9. The van der Waals surface area contributed by atoms with Crippen LogP contribution in [0.15, 0.2) is 78.9 Å². The maximum Gasteiger partial charge on any atom is 0.244 e. The molecule has 148 valence electrons. The molecule has 0 aromatic heterocycles. The van der Waals surface area contributed by atoms with E-state index in [1.54, 1.807) is 0 Å². The maximum atomic E-state index is 12.9. The number of ether oxygens (including phenoxy) is 1. The number of rotatable bonds is 4. The van der Waals surface area contributed by atoms with Gasteiger partial charge in [0.15, 0.2) is 12.1 Å². The molecule has 1 heterocycles. The van der Waals surface area contributed by atoms with E-state index in [1.807, 2.05) is 54.6 Å². The quantitative estimate of drug-likeness (QED) is 0.622. The van der Waals surface area contributed by atoms with Crippen molar-refractivity contribution in [2.75, 3.05) is 0 Å². The van der Waals surface area contributed by atoms with Crippen LogP contribution in [0.2, 0.25) is 0 Å². The molecule has 4 heteroatoms. The number of carbonyl (C=O) groups excluding carboxylic acids is 1. The van der Waals surface area contributed by atoms with E-state index in [-0.39, 0.29) is 17.6 Å². The van der Waals surface area contributed by atoms with E-state index in [9.17, 15) is 4.79 Å². The van der Waals surface area contributed by atoms with Gasteiger partial charge in [-0.1, -0.05) is 87.5 Å². The maximum absolute atomic E-state index is 12.9. The van der Waals surface area contributed by atoms with Gasteiger partial charge in [-0.05, 0) is 33.5 Å². The van der Waals surface area contributed by atoms with E-state index in [1.165, 1.54) is 10.4 Å². The van der Waals surface area contributed by atoms with Gasteiger partial charge >= 0.3 is 0 Å². The van der Waals surface area contributed by atoms with Gasteiger partial charge in [0, 0.05) is 0 Å². The Bertz CT molecular complexity index is 954. The second kappa shape index (κ2) is 7.97. The molecule has 3 aromatic rings. The van der Waals surface area contributed by atoms with Crippen LogP contribution in [0.4, 0.5) is 0 Å². The molecule has 0 saturated heterocycles. The lowest BCUT2D eigenvalue weighted by molar-refractivity contribution is -0.00405. The first-order valence-corrected chi connectivity index (χ1v) is 11.6. The van der Waals surface area contributed by atoms with Crippen LogP contribution in [0.5, 0.6) is 5.75 Å². The van der Waals surface area contributed by atoms with Crippen LogP contribution in [0.25, 0.3) is 0 Å². The Morgan fingerprint density at radius 3 is 2.03 bits per heavy atom. The lowest BCUT2D eigenvalue weighted by Gasteiger charge is -2.30. The predicted octanol–water partition coefficient (Wildman–Crippen LogP) is 3.83. The molecule has 1 atom stereocenters. The molecule has 0 fully saturated rings. The molecule has 29 heavy (non-hydrogen) atoms. The Kier molecular flexibility index (Phi) is 5.39. The standard InChI is InChI=1S/C25H26O3Si/c1-25(2,3)18-14-15-23-21(16-18)22(26)17-24(27-23)28-29(19-10-6-4-7-11-19)20-12-8-5-9-13-20/h4-16,24,29H,17H2,1-3H3. The number of fused-ring (bicyclic) bond motifs is 1. The summed E-state index contributed by atoms with van der Waals surface area (Å²) < 4.78 is 12.6. The lowest BCUT2D eigenvalue weighted by Crippen LogP contribution is -2.49. The number of benzene rings is 3. The Labute approximate surface area is 174 Å². The zero-order chi connectivity index (χ0) is 20.4. The minimum atomic E-state index is -1.98. The highest BCUT2D eigenvalue weighted by atomic mass is 28.3. The van der Waals surface area contributed by atoms with Crippen LogP contribution < -0.4 is 15.1 Å². The first kappa shape index (κ1) is 19.6. The van der Waals surface area contributed by atoms with E-state index >= 15 is 0 Å². The van der Waals surface area contributed by atoms with E-state index in [0.29, 0.717) is 11.3 Å². The summed E-state index contributed by atoms with van der Waals surface area (Å²) in [5.41, 5.74) is 1.78. The van der Waals surface area contributed by atoms with Crippen LogP contribution in [-0.2, 0) is 9.84 Å². The lowest BCUT2D eigenvalue weighted by atomic mass is 9.85. The fraction of sp³-hybridized carbons (Fsp3) is 0.240. The summed E-state index contributed by atoms with van der Waals surface area (Å²) in [5.74, 6) is 0.698. The minimum Gasteiger partial charge on any atom is -0.465 e. The highest BCUT2D eigenvalue weighted by Crippen LogP contribution is 2.33. The summed E-state index contributed by atoms with van der Waals surface area (Å²) in [5, 5.41) is 2.34. The van der Waals surface area contributed by atoms with E-state index in [0.717, 1.165) is 5.56 Å². The zero-order valence-corrected chi connectivity index (χ0v) is 18.2. The number of carbonyl (C=O) groups is 1. The summed E-state index contributed by atoms with van der Waals surface area (Å²) in [6, 6.07) is 26.4.